The molecule has 0 N–H and O–H groups in total. The van der Waals surface area contributed by atoms with E-state index in [-0.39, 0.29) is 11.3 Å². The Hall–Kier alpha value is -3.13. The number of pyridine rings is 1. The third-order valence-corrected chi connectivity index (χ3v) is 7.07. The SMILES string of the molecule is CCN1C(=O)c2c(nn(Cc3ccc(C)cc3)c2Sc2ccncc2)N2CC(C)(C)CN=C12. The number of carbonyl (C=O) groups excluding carboxylic acids is 1. The molecular formula is C25H28N6OS. The van der Waals surface area contributed by atoms with Crippen LogP contribution in [0.3, 0.4) is 0 Å². The van der Waals surface area contributed by atoms with Gasteiger partial charge in [-0.05, 0) is 31.5 Å². The van der Waals surface area contributed by atoms with Gasteiger partial charge in [0.2, 0.25) is 5.96 Å². The lowest BCUT2D eigenvalue weighted by Gasteiger charge is -2.43. The zero-order valence-electron chi connectivity index (χ0n) is 19.4. The van der Waals surface area contributed by atoms with Crippen LogP contribution in [0.4, 0.5) is 5.82 Å². The van der Waals surface area contributed by atoms with Crippen molar-refractivity contribution in [1.82, 2.24) is 19.7 Å². The van der Waals surface area contributed by atoms with Crippen molar-refractivity contribution in [3.63, 3.8) is 0 Å². The Morgan fingerprint density at radius 3 is 2.52 bits per heavy atom. The highest BCUT2D eigenvalue weighted by atomic mass is 32.2. The molecule has 8 heteroatoms. The van der Waals surface area contributed by atoms with Crippen LogP contribution in [0.5, 0.6) is 0 Å². The van der Waals surface area contributed by atoms with Crippen LogP contribution in [0.25, 0.3) is 0 Å². The molecule has 0 aliphatic carbocycles. The third kappa shape index (κ3) is 4.04. The number of aliphatic imine (C=N–C) groups is 1. The zero-order valence-corrected chi connectivity index (χ0v) is 20.3. The van der Waals surface area contributed by atoms with Gasteiger partial charge in [0.05, 0.1) is 6.54 Å². The van der Waals surface area contributed by atoms with Gasteiger partial charge in [-0.3, -0.25) is 29.3 Å². The minimum atomic E-state index is -0.0334. The van der Waals surface area contributed by atoms with E-state index in [9.17, 15) is 4.79 Å². The molecule has 0 unspecified atom stereocenters. The molecule has 1 aromatic carbocycles. The monoisotopic (exact) mass is 460 g/mol. The quantitative estimate of drug-likeness (QED) is 0.562. The summed E-state index contributed by atoms with van der Waals surface area (Å²) in [6.45, 7) is 11.1. The summed E-state index contributed by atoms with van der Waals surface area (Å²) in [6, 6.07) is 12.4. The first-order valence-corrected chi connectivity index (χ1v) is 12.1. The first kappa shape index (κ1) is 21.7. The molecule has 5 rings (SSSR count). The van der Waals surface area contributed by atoms with Crippen LogP contribution in [-0.4, -0.2) is 51.2 Å². The number of guanidine groups is 1. The Kier molecular flexibility index (Phi) is 5.48. The van der Waals surface area contributed by atoms with E-state index in [0.717, 1.165) is 28.0 Å². The lowest BCUT2D eigenvalue weighted by Crippen LogP contribution is -2.57. The number of hydrogen-bond donors (Lipinski definition) is 0. The van der Waals surface area contributed by atoms with E-state index in [1.54, 1.807) is 29.1 Å². The fourth-order valence-corrected chi connectivity index (χ4v) is 5.21. The van der Waals surface area contributed by atoms with Crippen molar-refractivity contribution in [3.8, 4) is 0 Å². The Labute approximate surface area is 198 Å². The number of aryl methyl sites for hydroxylation is 1. The molecule has 7 nitrogen and oxygen atoms in total. The predicted molar refractivity (Wildman–Crippen MR) is 131 cm³/mol. The maximum Gasteiger partial charge on any atom is 0.267 e. The van der Waals surface area contributed by atoms with Crippen LogP contribution >= 0.6 is 11.8 Å². The number of rotatable bonds is 5. The second kappa shape index (κ2) is 8.33. The van der Waals surface area contributed by atoms with Crippen LogP contribution in [0.1, 0.15) is 42.3 Å². The van der Waals surface area contributed by atoms with Crippen LogP contribution < -0.4 is 4.90 Å². The van der Waals surface area contributed by atoms with Gasteiger partial charge in [-0.15, -0.1) is 0 Å². The fraction of sp³-hybridized carbons (Fsp3) is 0.360. The summed E-state index contributed by atoms with van der Waals surface area (Å²) < 4.78 is 1.97. The Balaban J connectivity index is 1.66. The van der Waals surface area contributed by atoms with Crippen LogP contribution in [0.15, 0.2) is 63.7 Å². The second-order valence-electron chi connectivity index (χ2n) is 9.35. The molecule has 1 amide bonds. The summed E-state index contributed by atoms with van der Waals surface area (Å²) in [6.07, 6.45) is 3.54. The maximum atomic E-state index is 13.7. The van der Waals surface area contributed by atoms with Gasteiger partial charge in [0.15, 0.2) is 5.82 Å². The van der Waals surface area contributed by atoms with E-state index in [1.807, 2.05) is 23.7 Å². The van der Waals surface area contributed by atoms with Gasteiger partial charge in [0, 0.05) is 42.3 Å². The van der Waals surface area contributed by atoms with Crippen molar-refractivity contribution in [2.24, 2.45) is 10.4 Å². The fourth-order valence-electron chi connectivity index (χ4n) is 4.24. The predicted octanol–water partition coefficient (Wildman–Crippen LogP) is 4.46. The molecule has 4 heterocycles. The molecule has 2 aromatic heterocycles. The molecule has 33 heavy (non-hydrogen) atoms. The van der Waals surface area contributed by atoms with Crippen molar-refractivity contribution < 1.29 is 4.79 Å². The zero-order chi connectivity index (χ0) is 23.2. The van der Waals surface area contributed by atoms with E-state index in [0.29, 0.717) is 31.0 Å². The standard InChI is InChI=1S/C25H28N6OS/c1-5-29-22(32)20-21(30-16-25(3,4)15-27-24(29)30)28-31(14-18-8-6-17(2)7-9-18)23(20)33-19-10-12-26-13-11-19/h6-13H,5,14-16H2,1-4H3. The summed E-state index contributed by atoms with van der Waals surface area (Å²) >= 11 is 1.56. The summed E-state index contributed by atoms with van der Waals surface area (Å²) in [4.78, 5) is 27.6. The van der Waals surface area contributed by atoms with E-state index in [2.05, 4.69) is 54.9 Å². The third-order valence-electron chi connectivity index (χ3n) is 5.95. The van der Waals surface area contributed by atoms with Crippen molar-refractivity contribution in [3.05, 3.63) is 65.5 Å². The number of hydrogen-bond acceptors (Lipinski definition) is 6. The van der Waals surface area contributed by atoms with Crippen molar-refractivity contribution in [2.75, 3.05) is 24.5 Å². The highest BCUT2D eigenvalue weighted by Crippen LogP contribution is 2.41. The normalized spacial score (nSPS) is 17.0. The first-order chi connectivity index (χ1) is 15.9. The number of fused-ring (bicyclic) bond motifs is 3. The van der Waals surface area contributed by atoms with Gasteiger partial charge >= 0.3 is 0 Å². The number of carbonyl (C=O) groups is 1. The average molecular weight is 461 g/mol. The van der Waals surface area contributed by atoms with Crippen LogP contribution in [-0.2, 0) is 6.54 Å². The summed E-state index contributed by atoms with van der Waals surface area (Å²) in [5.74, 6) is 1.39. The largest absolute Gasteiger partial charge is 0.294 e. The van der Waals surface area contributed by atoms with Gasteiger partial charge in [0.25, 0.3) is 5.91 Å². The van der Waals surface area contributed by atoms with E-state index in [1.165, 1.54) is 5.56 Å². The smallest absolute Gasteiger partial charge is 0.267 e. The van der Waals surface area contributed by atoms with Gasteiger partial charge in [-0.1, -0.05) is 55.4 Å². The lowest BCUT2D eigenvalue weighted by molar-refractivity contribution is 0.0837. The minimum absolute atomic E-state index is 0.000286. The maximum absolute atomic E-state index is 13.7. The Morgan fingerprint density at radius 2 is 1.82 bits per heavy atom. The number of nitrogens with zero attached hydrogens (tertiary/aromatic N) is 6. The van der Waals surface area contributed by atoms with Crippen LogP contribution in [0.2, 0.25) is 0 Å². The van der Waals surface area contributed by atoms with Crippen molar-refractivity contribution in [2.45, 2.75) is 44.2 Å². The molecule has 170 valence electrons. The molecule has 2 aliphatic rings. The molecule has 0 atom stereocenters. The summed E-state index contributed by atoms with van der Waals surface area (Å²) in [7, 11) is 0. The van der Waals surface area contributed by atoms with Gasteiger partial charge in [-0.25, -0.2) is 0 Å². The summed E-state index contributed by atoms with van der Waals surface area (Å²) in [5.41, 5.74) is 3.02. The second-order valence-corrected chi connectivity index (χ2v) is 10.4. The molecule has 0 fully saturated rings. The van der Waals surface area contributed by atoms with E-state index >= 15 is 0 Å². The highest BCUT2D eigenvalue weighted by molar-refractivity contribution is 7.99. The van der Waals surface area contributed by atoms with Crippen LogP contribution in [0, 0.1) is 12.3 Å². The molecule has 0 bridgehead atoms. The lowest BCUT2D eigenvalue weighted by atomic mass is 9.91. The molecule has 0 saturated carbocycles. The number of amides is 1. The molecule has 2 aliphatic heterocycles. The molecular weight excluding hydrogens is 432 g/mol. The Morgan fingerprint density at radius 1 is 1.09 bits per heavy atom. The van der Waals surface area contributed by atoms with E-state index < -0.39 is 0 Å². The minimum Gasteiger partial charge on any atom is -0.294 e. The number of aromatic nitrogens is 3. The average Bonchev–Trinajstić information content (AvgIpc) is 3.15. The van der Waals surface area contributed by atoms with Gasteiger partial charge in [-0.2, -0.15) is 5.10 Å². The van der Waals surface area contributed by atoms with Crippen molar-refractivity contribution in [1.29, 1.82) is 0 Å². The van der Waals surface area contributed by atoms with E-state index in [4.69, 9.17) is 10.1 Å². The summed E-state index contributed by atoms with van der Waals surface area (Å²) in [5, 5.41) is 5.86. The number of anilines is 1. The molecule has 0 spiro atoms. The molecule has 0 radical (unpaired) electrons. The highest BCUT2D eigenvalue weighted by Gasteiger charge is 2.43. The topological polar surface area (TPSA) is 66.6 Å². The molecule has 3 aromatic rings. The Bertz CT molecular complexity index is 1220. The van der Waals surface area contributed by atoms with Gasteiger partial charge in [0.1, 0.15) is 10.6 Å². The molecule has 0 saturated heterocycles. The van der Waals surface area contributed by atoms with Gasteiger partial charge < -0.3 is 0 Å². The number of benzene rings is 1. The van der Waals surface area contributed by atoms with Crippen molar-refractivity contribution >= 4 is 29.4 Å². The first-order valence-electron chi connectivity index (χ1n) is 11.2.